The Kier molecular flexibility index (Phi) is 3.50. The molecule has 0 aromatic heterocycles. The largest absolute Gasteiger partial charge is 0.352 e. The molecule has 0 unspecified atom stereocenters. The first kappa shape index (κ1) is 12.4. The van der Waals surface area contributed by atoms with Crippen molar-refractivity contribution < 1.29 is 4.39 Å². The molecule has 0 fully saturated rings. The van der Waals surface area contributed by atoms with Crippen molar-refractivity contribution in [2.75, 3.05) is 5.32 Å². The van der Waals surface area contributed by atoms with Gasteiger partial charge in [-0.15, -0.1) is 0 Å². The molecule has 2 nitrogen and oxygen atoms in total. The van der Waals surface area contributed by atoms with Crippen LogP contribution in [0.2, 0.25) is 5.02 Å². The van der Waals surface area contributed by atoms with E-state index >= 15 is 0 Å². The molecule has 0 saturated carbocycles. The van der Waals surface area contributed by atoms with E-state index in [0.29, 0.717) is 22.0 Å². The van der Waals surface area contributed by atoms with Crippen molar-refractivity contribution in [3.05, 3.63) is 58.4 Å². The summed E-state index contributed by atoms with van der Waals surface area (Å²) >= 11 is 6.01. The Bertz CT molecular complexity index is 632. The number of nitrogens with one attached hydrogen (secondary N) is 1. The first-order chi connectivity index (χ1) is 8.60. The topological polar surface area (TPSA) is 35.8 Å². The van der Waals surface area contributed by atoms with E-state index < -0.39 is 0 Å². The molecule has 0 bridgehead atoms. The lowest BCUT2D eigenvalue weighted by atomic mass is 10.2. The van der Waals surface area contributed by atoms with Gasteiger partial charge in [0.05, 0.1) is 28.0 Å². The highest BCUT2D eigenvalue weighted by molar-refractivity contribution is 6.33. The second-order valence-electron chi connectivity index (χ2n) is 3.91. The van der Waals surface area contributed by atoms with Crippen LogP contribution in [0.25, 0.3) is 0 Å². The van der Waals surface area contributed by atoms with Gasteiger partial charge in [0.15, 0.2) is 0 Å². The standard InChI is InChI=1S/C14H10ClFN2/c1-9-2-4-14(12(16)6-9)18-13-5-3-10(8-17)7-11(13)15/h2-7,18H,1H3. The number of nitrogens with zero attached hydrogens (tertiary/aromatic N) is 1. The van der Waals surface area contributed by atoms with Gasteiger partial charge in [-0.25, -0.2) is 4.39 Å². The highest BCUT2D eigenvalue weighted by Gasteiger charge is 2.06. The fraction of sp³-hybridized carbons (Fsp3) is 0.0714. The van der Waals surface area contributed by atoms with Crippen molar-refractivity contribution in [2.24, 2.45) is 0 Å². The van der Waals surface area contributed by atoms with E-state index in [0.717, 1.165) is 5.56 Å². The maximum atomic E-state index is 13.7. The molecule has 0 radical (unpaired) electrons. The van der Waals surface area contributed by atoms with Crippen LogP contribution in [0.1, 0.15) is 11.1 Å². The van der Waals surface area contributed by atoms with Crippen LogP contribution in [0, 0.1) is 24.1 Å². The molecule has 0 heterocycles. The minimum Gasteiger partial charge on any atom is -0.352 e. The summed E-state index contributed by atoms with van der Waals surface area (Å²) in [4.78, 5) is 0. The molecule has 1 N–H and O–H groups in total. The zero-order valence-corrected chi connectivity index (χ0v) is 10.4. The van der Waals surface area contributed by atoms with Gasteiger partial charge in [-0.3, -0.25) is 0 Å². The van der Waals surface area contributed by atoms with E-state index in [4.69, 9.17) is 16.9 Å². The van der Waals surface area contributed by atoms with E-state index in [1.807, 2.05) is 19.1 Å². The van der Waals surface area contributed by atoms with Gasteiger partial charge in [0, 0.05) is 0 Å². The highest BCUT2D eigenvalue weighted by Crippen LogP contribution is 2.27. The molecular formula is C14H10ClFN2. The summed E-state index contributed by atoms with van der Waals surface area (Å²) in [7, 11) is 0. The molecule has 2 rings (SSSR count). The predicted octanol–water partition coefficient (Wildman–Crippen LogP) is 4.40. The first-order valence-electron chi connectivity index (χ1n) is 5.33. The van der Waals surface area contributed by atoms with Crippen molar-refractivity contribution in [2.45, 2.75) is 6.92 Å². The molecule has 0 saturated heterocycles. The SMILES string of the molecule is Cc1ccc(Nc2ccc(C#N)cc2Cl)c(F)c1. The van der Waals surface area contributed by atoms with Crippen LogP contribution < -0.4 is 5.32 Å². The van der Waals surface area contributed by atoms with E-state index in [9.17, 15) is 4.39 Å². The zero-order chi connectivity index (χ0) is 13.1. The molecule has 0 aliphatic carbocycles. The average molecular weight is 261 g/mol. The monoisotopic (exact) mass is 260 g/mol. The van der Waals surface area contributed by atoms with Crippen LogP contribution in [-0.2, 0) is 0 Å². The third kappa shape index (κ3) is 2.61. The van der Waals surface area contributed by atoms with Gasteiger partial charge in [0.1, 0.15) is 5.82 Å². The molecule has 0 spiro atoms. The minimum atomic E-state index is -0.338. The number of benzene rings is 2. The van der Waals surface area contributed by atoms with Crippen LogP contribution >= 0.6 is 11.6 Å². The van der Waals surface area contributed by atoms with Crippen molar-refractivity contribution in [1.29, 1.82) is 5.26 Å². The minimum absolute atomic E-state index is 0.338. The maximum absolute atomic E-state index is 13.7. The normalized spacial score (nSPS) is 9.89. The summed E-state index contributed by atoms with van der Waals surface area (Å²) in [5.74, 6) is -0.338. The molecule has 0 atom stereocenters. The van der Waals surface area contributed by atoms with Gasteiger partial charge in [-0.05, 0) is 42.8 Å². The fourth-order valence-corrected chi connectivity index (χ4v) is 1.78. The lowest BCUT2D eigenvalue weighted by Gasteiger charge is -2.10. The molecular weight excluding hydrogens is 251 g/mol. The molecule has 0 aliphatic rings. The molecule has 18 heavy (non-hydrogen) atoms. The third-order valence-corrected chi connectivity index (χ3v) is 2.80. The Hall–Kier alpha value is -2.05. The van der Waals surface area contributed by atoms with E-state index in [-0.39, 0.29) is 5.82 Å². The van der Waals surface area contributed by atoms with Crippen molar-refractivity contribution in [3.63, 3.8) is 0 Å². The second-order valence-corrected chi connectivity index (χ2v) is 4.32. The molecule has 4 heteroatoms. The van der Waals surface area contributed by atoms with E-state index in [1.165, 1.54) is 12.1 Å². The number of hydrogen-bond donors (Lipinski definition) is 1. The average Bonchev–Trinajstić information content (AvgIpc) is 2.34. The summed E-state index contributed by atoms with van der Waals surface area (Å²) in [5.41, 5.74) is 2.24. The first-order valence-corrected chi connectivity index (χ1v) is 5.71. The highest BCUT2D eigenvalue weighted by atomic mass is 35.5. The van der Waals surface area contributed by atoms with Crippen LogP contribution in [0.3, 0.4) is 0 Å². The predicted molar refractivity (Wildman–Crippen MR) is 70.6 cm³/mol. The van der Waals surface area contributed by atoms with Crippen molar-refractivity contribution in [3.8, 4) is 6.07 Å². The summed E-state index contributed by atoms with van der Waals surface area (Å²) < 4.78 is 13.7. The number of rotatable bonds is 2. The van der Waals surface area contributed by atoms with E-state index in [1.54, 1.807) is 18.2 Å². The van der Waals surface area contributed by atoms with Crippen molar-refractivity contribution in [1.82, 2.24) is 0 Å². The lowest BCUT2D eigenvalue weighted by Crippen LogP contribution is -1.95. The van der Waals surface area contributed by atoms with Gasteiger partial charge >= 0.3 is 0 Å². The maximum Gasteiger partial charge on any atom is 0.146 e. The van der Waals surface area contributed by atoms with Gasteiger partial charge in [-0.2, -0.15) is 5.26 Å². The Balaban J connectivity index is 2.32. The Morgan fingerprint density at radius 3 is 2.50 bits per heavy atom. The number of anilines is 2. The smallest absolute Gasteiger partial charge is 0.146 e. The van der Waals surface area contributed by atoms with Crippen molar-refractivity contribution >= 4 is 23.0 Å². The number of nitriles is 1. The molecule has 0 aliphatic heterocycles. The van der Waals surface area contributed by atoms with Gasteiger partial charge in [0.25, 0.3) is 0 Å². The lowest BCUT2D eigenvalue weighted by molar-refractivity contribution is 0.631. The zero-order valence-electron chi connectivity index (χ0n) is 9.67. The Morgan fingerprint density at radius 2 is 1.89 bits per heavy atom. The van der Waals surface area contributed by atoms with E-state index in [2.05, 4.69) is 5.32 Å². The van der Waals surface area contributed by atoms with Gasteiger partial charge < -0.3 is 5.32 Å². The Morgan fingerprint density at radius 1 is 1.17 bits per heavy atom. The van der Waals surface area contributed by atoms with Crippen LogP contribution in [0.4, 0.5) is 15.8 Å². The quantitative estimate of drug-likeness (QED) is 0.869. The fourth-order valence-electron chi connectivity index (χ4n) is 1.55. The summed E-state index contributed by atoms with van der Waals surface area (Å²) in [5, 5.41) is 12.0. The number of aryl methyl sites for hydroxylation is 1. The molecule has 90 valence electrons. The Labute approximate surface area is 110 Å². The van der Waals surface area contributed by atoms with Gasteiger partial charge in [-0.1, -0.05) is 17.7 Å². The summed E-state index contributed by atoms with van der Waals surface area (Å²) in [6.45, 7) is 1.82. The number of hydrogen-bond acceptors (Lipinski definition) is 2. The molecule has 2 aromatic rings. The molecule has 2 aromatic carbocycles. The summed E-state index contributed by atoms with van der Waals surface area (Å²) in [6.07, 6.45) is 0. The van der Waals surface area contributed by atoms with Crippen LogP contribution in [-0.4, -0.2) is 0 Å². The number of halogens is 2. The van der Waals surface area contributed by atoms with Gasteiger partial charge in [0.2, 0.25) is 0 Å². The third-order valence-electron chi connectivity index (χ3n) is 2.49. The van der Waals surface area contributed by atoms with Crippen LogP contribution in [0.15, 0.2) is 36.4 Å². The molecule has 0 amide bonds. The summed E-state index contributed by atoms with van der Waals surface area (Å²) in [6, 6.07) is 11.7. The second kappa shape index (κ2) is 5.07. The van der Waals surface area contributed by atoms with Crippen LogP contribution in [0.5, 0.6) is 0 Å².